The van der Waals surface area contributed by atoms with Crippen LogP contribution in [0, 0.1) is 0 Å². The highest BCUT2D eigenvalue weighted by Gasteiger charge is 2.39. The van der Waals surface area contributed by atoms with E-state index in [-0.39, 0.29) is 5.54 Å². The van der Waals surface area contributed by atoms with Gasteiger partial charge in [-0.05, 0) is 20.4 Å². The van der Waals surface area contributed by atoms with E-state index in [0.717, 1.165) is 6.54 Å². The number of hydrogen-bond acceptors (Lipinski definition) is 4. The Balaban J connectivity index is 0.000000226. The molecule has 0 saturated carbocycles. The first-order chi connectivity index (χ1) is 5.96. The largest absolute Gasteiger partial charge is 0.400 e. The third-order valence-electron chi connectivity index (χ3n) is 2.40. The predicted molar refractivity (Wildman–Crippen MR) is 57.1 cm³/mol. The van der Waals surface area contributed by atoms with Gasteiger partial charge < -0.3 is 19.9 Å². The molecule has 0 aromatic carbocycles. The fourth-order valence-electron chi connectivity index (χ4n) is 0.558. The lowest BCUT2D eigenvalue weighted by atomic mass is 10.1. The monoisotopic (exact) mass is 206 g/mol. The Morgan fingerprint density at radius 2 is 1.85 bits per heavy atom. The Labute approximate surface area is 82.6 Å². The lowest BCUT2D eigenvalue weighted by molar-refractivity contribution is 0.285. The second kappa shape index (κ2) is 5.72. The smallest absolute Gasteiger partial charge is 0.317 e. The van der Waals surface area contributed by atoms with E-state index >= 15 is 0 Å². The van der Waals surface area contributed by atoms with Crippen molar-refractivity contribution < 1.29 is 8.85 Å². The Kier molecular flexibility index (Phi) is 5.74. The maximum absolute atomic E-state index is 5.57. The molecule has 0 spiro atoms. The number of nitrogens with one attached hydrogen (secondary N) is 1. The van der Waals surface area contributed by atoms with E-state index in [1.54, 1.807) is 14.2 Å². The Morgan fingerprint density at radius 3 is 1.85 bits per heavy atom. The van der Waals surface area contributed by atoms with E-state index in [4.69, 9.17) is 14.6 Å². The first kappa shape index (κ1) is 13.1. The van der Waals surface area contributed by atoms with Crippen molar-refractivity contribution in [2.75, 3.05) is 20.8 Å². The van der Waals surface area contributed by atoms with Gasteiger partial charge in [-0.3, -0.25) is 0 Å². The summed E-state index contributed by atoms with van der Waals surface area (Å²) in [4.78, 5) is 0. The van der Waals surface area contributed by atoms with Crippen LogP contribution in [0.5, 0.6) is 0 Å². The maximum atomic E-state index is 5.57. The van der Waals surface area contributed by atoms with Crippen LogP contribution in [0.1, 0.15) is 13.8 Å². The second-order valence-corrected chi connectivity index (χ2v) is 5.68. The lowest BCUT2D eigenvalue weighted by Gasteiger charge is -2.09. The molecule has 1 saturated heterocycles. The maximum Gasteiger partial charge on any atom is 0.317 e. The summed E-state index contributed by atoms with van der Waals surface area (Å²) in [5, 5.41) is 3.19. The normalized spacial score (nSPS) is 27.9. The summed E-state index contributed by atoms with van der Waals surface area (Å²) in [7, 11) is 2.17. The predicted octanol–water partition coefficient (Wildman–Crippen LogP) is -0.175. The molecule has 1 aliphatic rings. The van der Waals surface area contributed by atoms with Gasteiger partial charge in [0.05, 0.1) is 0 Å². The van der Waals surface area contributed by atoms with Crippen molar-refractivity contribution >= 4 is 9.28 Å². The van der Waals surface area contributed by atoms with Gasteiger partial charge in [0, 0.05) is 32.3 Å². The minimum atomic E-state index is -1.16. The third-order valence-corrected chi connectivity index (χ3v) is 3.73. The van der Waals surface area contributed by atoms with Crippen molar-refractivity contribution in [1.82, 2.24) is 5.32 Å². The van der Waals surface area contributed by atoms with E-state index in [9.17, 15) is 0 Å². The van der Waals surface area contributed by atoms with Gasteiger partial charge in [0.2, 0.25) is 0 Å². The van der Waals surface area contributed by atoms with Crippen LogP contribution in [0.3, 0.4) is 0 Å². The first-order valence-corrected chi connectivity index (χ1v) is 6.62. The van der Waals surface area contributed by atoms with Crippen molar-refractivity contribution in [3.63, 3.8) is 0 Å². The molecule has 1 aliphatic heterocycles. The molecule has 4 nitrogen and oxygen atoms in total. The molecule has 2 unspecified atom stereocenters. The number of nitrogens with two attached hydrogens (primary N) is 1. The van der Waals surface area contributed by atoms with Crippen LogP contribution >= 0.6 is 0 Å². The number of hydrogen-bond donors (Lipinski definition) is 2. The Bertz CT molecular complexity index is 136. The first-order valence-electron chi connectivity index (χ1n) is 4.52. The van der Waals surface area contributed by atoms with Gasteiger partial charge in [-0.15, -0.1) is 0 Å². The Morgan fingerprint density at radius 1 is 1.46 bits per heavy atom. The van der Waals surface area contributed by atoms with E-state index < -0.39 is 9.28 Å². The summed E-state index contributed by atoms with van der Waals surface area (Å²) in [6.45, 7) is 7.22. The fraction of sp³-hybridized carbons (Fsp3) is 1.00. The minimum Gasteiger partial charge on any atom is -0.400 e. The van der Waals surface area contributed by atoms with Crippen LogP contribution in [0.2, 0.25) is 6.55 Å². The third kappa shape index (κ3) is 5.38. The van der Waals surface area contributed by atoms with Gasteiger partial charge in [-0.2, -0.15) is 0 Å². The molecule has 1 rings (SSSR count). The average Bonchev–Trinajstić information content (AvgIpc) is 2.85. The van der Waals surface area contributed by atoms with Gasteiger partial charge in [0.1, 0.15) is 0 Å². The molecule has 13 heavy (non-hydrogen) atoms. The standard InChI is InChI=1S/C5H12N2.C3H10O2Si/c1-4(6)5(2)3-7-5;1-4-6(3)5-2/h4,7H,3,6H2,1-2H3;6H,1-3H3. The van der Waals surface area contributed by atoms with Crippen LogP contribution < -0.4 is 11.1 Å². The molecule has 0 radical (unpaired) electrons. The topological polar surface area (TPSA) is 66.4 Å². The zero-order valence-electron chi connectivity index (χ0n) is 9.26. The molecule has 0 bridgehead atoms. The van der Waals surface area contributed by atoms with Crippen LogP contribution in [0.25, 0.3) is 0 Å². The second-order valence-electron chi connectivity index (χ2n) is 3.60. The summed E-state index contributed by atoms with van der Waals surface area (Å²) < 4.78 is 9.63. The molecule has 0 aromatic rings. The highest BCUT2D eigenvalue weighted by molar-refractivity contribution is 6.42. The quantitative estimate of drug-likeness (QED) is 0.497. The zero-order valence-corrected chi connectivity index (χ0v) is 10.4. The molecule has 0 amide bonds. The van der Waals surface area contributed by atoms with Crippen LogP contribution in [0.4, 0.5) is 0 Å². The Hall–Kier alpha value is 0.0569. The SMILES string of the molecule is CC(N)C1(C)CN1.CO[SiH](C)OC. The van der Waals surface area contributed by atoms with Crippen molar-refractivity contribution in [3.05, 3.63) is 0 Å². The molecular formula is C8H22N2O2Si. The van der Waals surface area contributed by atoms with E-state index in [1.807, 2.05) is 13.5 Å². The zero-order chi connectivity index (χ0) is 10.5. The van der Waals surface area contributed by atoms with E-state index in [2.05, 4.69) is 12.2 Å². The van der Waals surface area contributed by atoms with E-state index in [1.165, 1.54) is 0 Å². The van der Waals surface area contributed by atoms with Crippen LogP contribution in [-0.4, -0.2) is 41.6 Å². The molecule has 0 aliphatic carbocycles. The fourth-order valence-corrected chi connectivity index (χ4v) is 0.750. The lowest BCUT2D eigenvalue weighted by Crippen LogP contribution is -2.34. The van der Waals surface area contributed by atoms with Gasteiger partial charge in [-0.25, -0.2) is 0 Å². The molecule has 3 N–H and O–H groups in total. The van der Waals surface area contributed by atoms with Crippen molar-refractivity contribution in [2.45, 2.75) is 32.0 Å². The molecule has 1 fully saturated rings. The van der Waals surface area contributed by atoms with Gasteiger partial charge in [0.25, 0.3) is 0 Å². The summed E-state index contributed by atoms with van der Waals surface area (Å²) >= 11 is 0. The van der Waals surface area contributed by atoms with Gasteiger partial charge >= 0.3 is 9.28 Å². The summed E-state index contributed by atoms with van der Waals surface area (Å²) in [6, 6.07) is 0.299. The molecule has 1 heterocycles. The van der Waals surface area contributed by atoms with Crippen LogP contribution in [-0.2, 0) is 8.85 Å². The van der Waals surface area contributed by atoms with Gasteiger partial charge in [-0.1, -0.05) is 0 Å². The summed E-state index contributed by atoms with van der Waals surface area (Å²) in [6.07, 6.45) is 0. The van der Waals surface area contributed by atoms with Crippen molar-refractivity contribution in [3.8, 4) is 0 Å². The highest BCUT2D eigenvalue weighted by atomic mass is 28.3. The minimum absolute atomic E-state index is 0.278. The van der Waals surface area contributed by atoms with E-state index in [0.29, 0.717) is 6.04 Å². The van der Waals surface area contributed by atoms with Crippen molar-refractivity contribution in [1.29, 1.82) is 0 Å². The molecule has 2 atom stereocenters. The molecule has 0 aromatic heterocycles. The van der Waals surface area contributed by atoms with Gasteiger partial charge in [0.15, 0.2) is 0 Å². The van der Waals surface area contributed by atoms with Crippen LogP contribution in [0.15, 0.2) is 0 Å². The summed E-state index contributed by atoms with van der Waals surface area (Å²) in [5.41, 5.74) is 5.85. The number of rotatable bonds is 3. The summed E-state index contributed by atoms with van der Waals surface area (Å²) in [5.74, 6) is 0. The highest BCUT2D eigenvalue weighted by Crippen LogP contribution is 2.17. The molecular weight excluding hydrogens is 184 g/mol. The molecule has 80 valence electrons. The van der Waals surface area contributed by atoms with Crippen molar-refractivity contribution in [2.24, 2.45) is 5.73 Å². The molecule has 5 heteroatoms. The average molecular weight is 206 g/mol.